The fraction of sp³-hybridized carbons (Fsp3) is 0.615. The quantitative estimate of drug-likeness (QED) is 0.827. The van der Waals surface area contributed by atoms with Crippen LogP contribution in [0.4, 0.5) is 0 Å². The molecule has 0 unspecified atom stereocenters. The van der Waals surface area contributed by atoms with Crippen molar-refractivity contribution >= 4 is 5.91 Å². The smallest absolute Gasteiger partial charge is 0.223 e. The second-order valence-corrected chi connectivity index (χ2v) is 4.45. The largest absolute Gasteiger partial charge is 0.464 e. The Morgan fingerprint density at radius 2 is 2.18 bits per heavy atom. The first kappa shape index (κ1) is 13.8. The highest BCUT2D eigenvalue weighted by Crippen LogP contribution is 2.13. The van der Waals surface area contributed by atoms with E-state index in [4.69, 9.17) is 9.52 Å². The van der Waals surface area contributed by atoms with Crippen LogP contribution in [-0.2, 0) is 11.3 Å². The summed E-state index contributed by atoms with van der Waals surface area (Å²) in [7, 11) is 0. The molecule has 1 amide bonds. The molecule has 1 heterocycles. The Balaban J connectivity index is 2.63. The molecule has 96 valence electrons. The van der Waals surface area contributed by atoms with Crippen molar-refractivity contribution in [2.75, 3.05) is 6.61 Å². The third kappa shape index (κ3) is 4.23. The number of carbonyl (C=O) groups excluding carboxylic acids is 1. The fourth-order valence-electron chi connectivity index (χ4n) is 1.67. The number of aliphatic hydroxyl groups excluding tert-OH is 1. The van der Waals surface area contributed by atoms with Gasteiger partial charge < -0.3 is 14.4 Å². The molecular formula is C13H21NO3. The van der Waals surface area contributed by atoms with Crippen LogP contribution >= 0.6 is 0 Å². The van der Waals surface area contributed by atoms with Gasteiger partial charge in [0.2, 0.25) is 5.91 Å². The summed E-state index contributed by atoms with van der Waals surface area (Å²) in [5, 5.41) is 8.74. The van der Waals surface area contributed by atoms with E-state index in [0.29, 0.717) is 19.4 Å². The van der Waals surface area contributed by atoms with Gasteiger partial charge in [-0.1, -0.05) is 0 Å². The lowest BCUT2D eigenvalue weighted by atomic mass is 10.2. The topological polar surface area (TPSA) is 53.7 Å². The summed E-state index contributed by atoms with van der Waals surface area (Å²) < 4.78 is 5.48. The number of amides is 1. The van der Waals surface area contributed by atoms with E-state index in [-0.39, 0.29) is 18.6 Å². The van der Waals surface area contributed by atoms with Crippen molar-refractivity contribution < 1.29 is 14.3 Å². The van der Waals surface area contributed by atoms with Crippen LogP contribution in [-0.4, -0.2) is 28.6 Å². The summed E-state index contributed by atoms with van der Waals surface area (Å²) >= 11 is 0. The molecule has 4 heteroatoms. The minimum Gasteiger partial charge on any atom is -0.464 e. The van der Waals surface area contributed by atoms with Crippen molar-refractivity contribution in [3.63, 3.8) is 0 Å². The van der Waals surface area contributed by atoms with Crippen LogP contribution in [0.25, 0.3) is 0 Å². The van der Waals surface area contributed by atoms with Crippen molar-refractivity contribution in [1.29, 1.82) is 0 Å². The molecule has 0 aliphatic rings. The van der Waals surface area contributed by atoms with Gasteiger partial charge in [0.15, 0.2) is 0 Å². The maximum atomic E-state index is 11.9. The molecule has 17 heavy (non-hydrogen) atoms. The van der Waals surface area contributed by atoms with Gasteiger partial charge in [0, 0.05) is 19.1 Å². The summed E-state index contributed by atoms with van der Waals surface area (Å²) in [6.07, 6.45) is 0.896. The van der Waals surface area contributed by atoms with E-state index in [1.54, 1.807) is 4.90 Å². The number of furan rings is 1. The molecule has 0 fully saturated rings. The monoisotopic (exact) mass is 239 g/mol. The van der Waals surface area contributed by atoms with E-state index >= 15 is 0 Å². The minimum atomic E-state index is 0.0531. The van der Waals surface area contributed by atoms with Crippen molar-refractivity contribution in [1.82, 2.24) is 4.90 Å². The Bertz CT molecular complexity index is 357. The molecule has 0 atom stereocenters. The molecule has 0 saturated carbocycles. The van der Waals surface area contributed by atoms with Crippen LogP contribution in [0.2, 0.25) is 0 Å². The molecule has 0 spiro atoms. The first-order valence-electron chi connectivity index (χ1n) is 6.00. The SMILES string of the molecule is Cc1ccc(CN(C(=O)CCCO)C(C)C)o1. The summed E-state index contributed by atoms with van der Waals surface area (Å²) in [6, 6.07) is 3.92. The van der Waals surface area contributed by atoms with Gasteiger partial charge in [-0.2, -0.15) is 0 Å². The Hall–Kier alpha value is -1.29. The van der Waals surface area contributed by atoms with Crippen molar-refractivity contribution in [3.8, 4) is 0 Å². The zero-order valence-corrected chi connectivity index (χ0v) is 10.8. The fourth-order valence-corrected chi connectivity index (χ4v) is 1.67. The van der Waals surface area contributed by atoms with Crippen LogP contribution in [0.5, 0.6) is 0 Å². The average Bonchev–Trinajstić information content (AvgIpc) is 2.68. The normalized spacial score (nSPS) is 10.9. The lowest BCUT2D eigenvalue weighted by Crippen LogP contribution is -2.36. The number of nitrogens with zero attached hydrogens (tertiary/aromatic N) is 1. The predicted octanol–water partition coefficient (Wildman–Crippen LogP) is 2.10. The number of aliphatic hydroxyl groups is 1. The summed E-state index contributed by atoms with van der Waals surface area (Å²) in [5.74, 6) is 1.71. The average molecular weight is 239 g/mol. The Morgan fingerprint density at radius 1 is 1.47 bits per heavy atom. The Kier molecular flexibility index (Phi) is 5.22. The zero-order valence-electron chi connectivity index (χ0n) is 10.8. The van der Waals surface area contributed by atoms with Crippen LogP contribution in [0.1, 0.15) is 38.2 Å². The molecule has 0 aliphatic heterocycles. The van der Waals surface area contributed by atoms with Gasteiger partial charge in [-0.05, 0) is 39.3 Å². The van der Waals surface area contributed by atoms with Crippen LogP contribution in [0.3, 0.4) is 0 Å². The van der Waals surface area contributed by atoms with Gasteiger partial charge in [0.1, 0.15) is 11.5 Å². The van der Waals surface area contributed by atoms with Gasteiger partial charge in [-0.25, -0.2) is 0 Å². The van der Waals surface area contributed by atoms with E-state index in [2.05, 4.69) is 0 Å². The van der Waals surface area contributed by atoms with E-state index in [9.17, 15) is 4.79 Å². The number of hydrogen-bond donors (Lipinski definition) is 1. The number of rotatable bonds is 6. The lowest BCUT2D eigenvalue weighted by molar-refractivity contribution is -0.134. The first-order chi connectivity index (χ1) is 8.04. The molecule has 0 saturated heterocycles. The summed E-state index contributed by atoms with van der Waals surface area (Å²) in [4.78, 5) is 13.7. The molecule has 1 aromatic rings. The second kappa shape index (κ2) is 6.45. The van der Waals surface area contributed by atoms with E-state index in [0.717, 1.165) is 11.5 Å². The highest BCUT2D eigenvalue weighted by atomic mass is 16.3. The van der Waals surface area contributed by atoms with Crippen molar-refractivity contribution in [2.45, 2.75) is 46.2 Å². The molecular weight excluding hydrogens is 218 g/mol. The summed E-state index contributed by atoms with van der Waals surface area (Å²) in [6.45, 7) is 6.39. The molecule has 0 bridgehead atoms. The Labute approximate surface area is 102 Å². The number of aryl methyl sites for hydroxylation is 1. The molecule has 0 aliphatic carbocycles. The van der Waals surface area contributed by atoms with E-state index in [1.807, 2.05) is 32.9 Å². The van der Waals surface area contributed by atoms with E-state index in [1.165, 1.54) is 0 Å². The van der Waals surface area contributed by atoms with Gasteiger partial charge in [0.05, 0.1) is 6.54 Å². The van der Waals surface area contributed by atoms with Crippen LogP contribution in [0, 0.1) is 6.92 Å². The maximum absolute atomic E-state index is 11.9. The van der Waals surface area contributed by atoms with Crippen LogP contribution < -0.4 is 0 Å². The van der Waals surface area contributed by atoms with E-state index < -0.39 is 0 Å². The molecule has 1 N–H and O–H groups in total. The third-order valence-electron chi connectivity index (χ3n) is 2.61. The lowest BCUT2D eigenvalue weighted by Gasteiger charge is -2.25. The van der Waals surface area contributed by atoms with Gasteiger partial charge in [-0.3, -0.25) is 4.79 Å². The van der Waals surface area contributed by atoms with Gasteiger partial charge in [0.25, 0.3) is 0 Å². The second-order valence-electron chi connectivity index (χ2n) is 4.45. The Morgan fingerprint density at radius 3 is 2.65 bits per heavy atom. The maximum Gasteiger partial charge on any atom is 0.223 e. The van der Waals surface area contributed by atoms with Crippen molar-refractivity contribution in [2.24, 2.45) is 0 Å². The number of carbonyl (C=O) groups is 1. The molecule has 1 rings (SSSR count). The minimum absolute atomic E-state index is 0.0531. The van der Waals surface area contributed by atoms with Crippen molar-refractivity contribution in [3.05, 3.63) is 23.7 Å². The third-order valence-corrected chi connectivity index (χ3v) is 2.61. The standard InChI is InChI=1S/C13H21NO3/c1-10(2)14(13(16)5-4-8-15)9-12-7-6-11(3)17-12/h6-7,10,15H,4-5,8-9H2,1-3H3. The molecule has 0 radical (unpaired) electrons. The molecule has 0 aromatic carbocycles. The van der Waals surface area contributed by atoms with Gasteiger partial charge >= 0.3 is 0 Å². The molecule has 1 aromatic heterocycles. The zero-order chi connectivity index (χ0) is 12.8. The van der Waals surface area contributed by atoms with Gasteiger partial charge in [-0.15, -0.1) is 0 Å². The van der Waals surface area contributed by atoms with Crippen LogP contribution in [0.15, 0.2) is 16.5 Å². The predicted molar refractivity (Wildman–Crippen MR) is 65.5 cm³/mol. The highest BCUT2D eigenvalue weighted by Gasteiger charge is 2.18. The summed E-state index contributed by atoms with van der Waals surface area (Å²) in [5.41, 5.74) is 0. The number of hydrogen-bond acceptors (Lipinski definition) is 3. The molecule has 4 nitrogen and oxygen atoms in total. The first-order valence-corrected chi connectivity index (χ1v) is 6.00. The highest BCUT2D eigenvalue weighted by molar-refractivity contribution is 5.76.